The topological polar surface area (TPSA) is 58.6 Å². The van der Waals surface area contributed by atoms with Crippen LogP contribution < -0.4 is 10.2 Å². The largest absolute Gasteiger partial charge is 0.466 e. The van der Waals surface area contributed by atoms with E-state index < -0.39 is 17.2 Å². The molecule has 1 unspecified atom stereocenters. The summed E-state index contributed by atoms with van der Waals surface area (Å²) in [4.78, 5) is 29.1. The number of nitrogens with one attached hydrogen (secondary N) is 1. The molecule has 5 nitrogen and oxygen atoms in total. The molecule has 8 heteroatoms. The second-order valence-corrected chi connectivity index (χ2v) is 12.5. The van der Waals surface area contributed by atoms with Crippen molar-refractivity contribution in [2.24, 2.45) is 0 Å². The minimum absolute atomic E-state index is 0.0693. The Morgan fingerprint density at radius 2 is 1.44 bits per heavy atom. The number of para-hydroxylation sites is 1. The van der Waals surface area contributed by atoms with Gasteiger partial charge in [0.1, 0.15) is 0 Å². The quantitative estimate of drug-likeness (QED) is 0.155. The summed E-state index contributed by atoms with van der Waals surface area (Å²) < 4.78 is 45.0. The molecule has 0 radical (unpaired) electrons. The van der Waals surface area contributed by atoms with Crippen molar-refractivity contribution >= 4 is 17.6 Å². The maximum absolute atomic E-state index is 13.5. The highest BCUT2D eigenvalue weighted by atomic mass is 19.4. The molecule has 48 heavy (non-hydrogen) atoms. The molecule has 0 spiro atoms. The van der Waals surface area contributed by atoms with E-state index in [4.69, 9.17) is 4.74 Å². The maximum Gasteiger partial charge on any atom is 0.416 e. The second-order valence-electron chi connectivity index (χ2n) is 12.5. The fourth-order valence-electron chi connectivity index (χ4n) is 6.87. The van der Waals surface area contributed by atoms with Gasteiger partial charge in [0.2, 0.25) is 0 Å². The molecule has 4 aromatic carbocycles. The molecule has 1 N–H and O–H groups in total. The number of carbonyl (C=O) groups excluding carboxylic acids is 2. The standard InChI is InChI=1S/C40H43F3N2O3/c1-3-24-39(28-37(46)48-27-4-2,30-12-6-5-7-13-30)35-16-10-11-17-36(35)45-25-22-32(23-26-45)44-38(47)34-15-9-8-14-33(34)29-18-20-31(21-19-29)40(41,42)43/h5-21,32H,3-4,22-28H2,1-2H3,(H,44,47). The first-order valence-corrected chi connectivity index (χ1v) is 16.8. The summed E-state index contributed by atoms with van der Waals surface area (Å²) in [7, 11) is 0. The van der Waals surface area contributed by atoms with Gasteiger partial charge in [-0.3, -0.25) is 9.59 Å². The Hall–Kier alpha value is -4.59. The van der Waals surface area contributed by atoms with Gasteiger partial charge in [-0.05, 0) is 72.2 Å². The van der Waals surface area contributed by atoms with Gasteiger partial charge in [-0.25, -0.2) is 0 Å². The average Bonchev–Trinajstić information content (AvgIpc) is 3.11. The van der Waals surface area contributed by atoms with E-state index in [0.29, 0.717) is 49.2 Å². The van der Waals surface area contributed by atoms with Crippen molar-refractivity contribution in [3.63, 3.8) is 0 Å². The second kappa shape index (κ2) is 15.5. The molecule has 1 saturated heterocycles. The minimum atomic E-state index is -4.43. The Morgan fingerprint density at radius 1 is 0.792 bits per heavy atom. The van der Waals surface area contributed by atoms with Crippen LogP contribution in [0.4, 0.5) is 18.9 Å². The summed E-state index contributed by atoms with van der Waals surface area (Å²) in [5.74, 6) is -0.456. The van der Waals surface area contributed by atoms with Crippen molar-refractivity contribution < 1.29 is 27.5 Å². The van der Waals surface area contributed by atoms with Gasteiger partial charge in [-0.2, -0.15) is 13.2 Å². The van der Waals surface area contributed by atoms with Crippen LogP contribution in [0.15, 0.2) is 103 Å². The van der Waals surface area contributed by atoms with Crippen molar-refractivity contribution in [3.05, 3.63) is 125 Å². The van der Waals surface area contributed by atoms with E-state index in [1.165, 1.54) is 12.1 Å². The van der Waals surface area contributed by atoms with Crippen molar-refractivity contribution in [2.75, 3.05) is 24.6 Å². The highest BCUT2D eigenvalue weighted by molar-refractivity contribution is 6.01. The predicted octanol–water partition coefficient (Wildman–Crippen LogP) is 9.20. The first-order chi connectivity index (χ1) is 23.2. The van der Waals surface area contributed by atoms with Gasteiger partial charge in [0.15, 0.2) is 0 Å². The molecule has 1 aliphatic heterocycles. The summed E-state index contributed by atoms with van der Waals surface area (Å²) in [6, 6.07) is 30.4. The van der Waals surface area contributed by atoms with Crippen molar-refractivity contribution in [2.45, 2.75) is 70.0 Å². The van der Waals surface area contributed by atoms with E-state index in [0.717, 1.165) is 48.2 Å². The van der Waals surface area contributed by atoms with E-state index in [1.54, 1.807) is 24.3 Å². The number of anilines is 1. The summed E-state index contributed by atoms with van der Waals surface area (Å²) in [6.07, 6.45) is -0.329. The molecule has 1 heterocycles. The van der Waals surface area contributed by atoms with Gasteiger partial charge in [0.25, 0.3) is 5.91 Å². The van der Waals surface area contributed by atoms with Crippen molar-refractivity contribution in [1.29, 1.82) is 0 Å². The molecule has 4 aromatic rings. The zero-order chi connectivity index (χ0) is 34.1. The lowest BCUT2D eigenvalue weighted by atomic mass is 9.68. The normalized spacial score (nSPS) is 15.1. The molecule has 1 fully saturated rings. The number of piperidine rings is 1. The van der Waals surface area contributed by atoms with Crippen LogP contribution in [-0.2, 0) is 21.1 Å². The van der Waals surface area contributed by atoms with Gasteiger partial charge in [-0.1, -0.05) is 99.1 Å². The van der Waals surface area contributed by atoms with Gasteiger partial charge >= 0.3 is 12.1 Å². The first kappa shape index (κ1) is 34.7. The third-order valence-electron chi connectivity index (χ3n) is 9.20. The van der Waals surface area contributed by atoms with Gasteiger partial charge in [-0.15, -0.1) is 0 Å². The van der Waals surface area contributed by atoms with E-state index in [2.05, 4.69) is 41.4 Å². The Labute approximate surface area is 281 Å². The molecule has 0 aliphatic carbocycles. The predicted molar refractivity (Wildman–Crippen MR) is 184 cm³/mol. The van der Waals surface area contributed by atoms with Crippen LogP contribution in [0.5, 0.6) is 0 Å². The number of amides is 1. The zero-order valence-electron chi connectivity index (χ0n) is 27.6. The molecule has 252 valence electrons. The number of rotatable bonds is 12. The third kappa shape index (κ3) is 7.92. The number of nitrogens with zero attached hydrogens (tertiary/aromatic N) is 1. The smallest absolute Gasteiger partial charge is 0.416 e. The molecule has 0 aromatic heterocycles. The number of carbonyl (C=O) groups is 2. The van der Waals surface area contributed by atoms with Crippen LogP contribution in [0.25, 0.3) is 11.1 Å². The Morgan fingerprint density at radius 3 is 2.10 bits per heavy atom. The molecule has 1 aliphatic rings. The molecular weight excluding hydrogens is 613 g/mol. The molecule has 0 saturated carbocycles. The number of halogens is 3. The zero-order valence-corrected chi connectivity index (χ0v) is 27.6. The number of esters is 1. The monoisotopic (exact) mass is 656 g/mol. The summed E-state index contributed by atoms with van der Waals surface area (Å²) in [5, 5.41) is 3.18. The van der Waals surface area contributed by atoms with Crippen LogP contribution in [0.2, 0.25) is 0 Å². The van der Waals surface area contributed by atoms with Crippen LogP contribution in [0, 0.1) is 0 Å². The fourth-order valence-corrected chi connectivity index (χ4v) is 6.87. The number of hydrogen-bond acceptors (Lipinski definition) is 4. The Kier molecular flexibility index (Phi) is 11.2. The highest BCUT2D eigenvalue weighted by Gasteiger charge is 2.39. The number of alkyl halides is 3. The lowest BCUT2D eigenvalue weighted by Crippen LogP contribution is -2.45. The Balaban J connectivity index is 1.34. The summed E-state index contributed by atoms with van der Waals surface area (Å²) >= 11 is 0. The average molecular weight is 657 g/mol. The van der Waals surface area contributed by atoms with E-state index in [9.17, 15) is 22.8 Å². The molecule has 0 bridgehead atoms. The fraction of sp³-hybridized carbons (Fsp3) is 0.350. The summed E-state index contributed by atoms with van der Waals surface area (Å²) in [5.41, 5.74) is 3.52. The number of ether oxygens (including phenoxy) is 1. The third-order valence-corrected chi connectivity index (χ3v) is 9.20. The van der Waals surface area contributed by atoms with E-state index >= 15 is 0 Å². The van der Waals surface area contributed by atoms with Crippen molar-refractivity contribution in [3.8, 4) is 11.1 Å². The van der Waals surface area contributed by atoms with Crippen LogP contribution >= 0.6 is 0 Å². The van der Waals surface area contributed by atoms with Gasteiger partial charge < -0.3 is 15.0 Å². The van der Waals surface area contributed by atoms with Crippen LogP contribution in [-0.4, -0.2) is 37.6 Å². The number of benzene rings is 4. The lowest BCUT2D eigenvalue weighted by Gasteiger charge is -2.40. The minimum Gasteiger partial charge on any atom is -0.466 e. The van der Waals surface area contributed by atoms with E-state index in [-0.39, 0.29) is 24.3 Å². The van der Waals surface area contributed by atoms with Gasteiger partial charge in [0.05, 0.1) is 18.6 Å². The maximum atomic E-state index is 13.5. The Bertz CT molecular complexity index is 1670. The highest BCUT2D eigenvalue weighted by Crippen LogP contribution is 2.45. The summed E-state index contributed by atoms with van der Waals surface area (Å²) in [6.45, 7) is 5.94. The van der Waals surface area contributed by atoms with Gasteiger partial charge in [0, 0.05) is 35.8 Å². The SMILES string of the molecule is CCCOC(=O)CC(CCC)(c1ccccc1)c1ccccc1N1CCC(NC(=O)c2ccccc2-c2ccc(C(F)(F)F)cc2)CC1. The molecule has 1 atom stereocenters. The molecule has 1 amide bonds. The van der Waals surface area contributed by atoms with Crippen molar-refractivity contribution in [1.82, 2.24) is 5.32 Å². The molecular formula is C40H43F3N2O3. The van der Waals surface area contributed by atoms with E-state index in [1.807, 2.05) is 37.3 Å². The lowest BCUT2D eigenvalue weighted by molar-refractivity contribution is -0.145. The number of hydrogen-bond donors (Lipinski definition) is 1. The molecule has 5 rings (SSSR count). The van der Waals surface area contributed by atoms with Crippen LogP contribution in [0.3, 0.4) is 0 Å². The van der Waals surface area contributed by atoms with Crippen LogP contribution in [0.1, 0.15) is 79.4 Å². The first-order valence-electron chi connectivity index (χ1n) is 16.8.